The van der Waals surface area contributed by atoms with Crippen molar-refractivity contribution < 1.29 is 13.5 Å². The second-order valence-electron chi connectivity index (χ2n) is 3.07. The molecule has 0 radical (unpaired) electrons. The molecule has 1 aromatic carbocycles. The summed E-state index contributed by atoms with van der Waals surface area (Å²) in [7, 11) is 1.29. The Kier molecular flexibility index (Phi) is 4.29. The van der Waals surface area contributed by atoms with Crippen molar-refractivity contribution >= 4 is 11.6 Å². The molecule has 1 aromatic rings. The number of nitrogens with two attached hydrogens (primary N) is 1. The monoisotopic (exact) mass is 235 g/mol. The van der Waals surface area contributed by atoms with Crippen LogP contribution in [0.25, 0.3) is 0 Å². The fourth-order valence-corrected chi connectivity index (χ4v) is 1.54. The summed E-state index contributed by atoms with van der Waals surface area (Å²) in [5.74, 6) is -2.22. The summed E-state index contributed by atoms with van der Waals surface area (Å²) in [4.78, 5) is 0. The average Bonchev–Trinajstić information content (AvgIpc) is 2.23. The number of halogens is 3. The zero-order valence-electron chi connectivity index (χ0n) is 8.32. The van der Waals surface area contributed by atoms with Gasteiger partial charge in [-0.1, -0.05) is 11.6 Å². The molecule has 0 atom stereocenters. The van der Waals surface area contributed by atoms with Gasteiger partial charge in [-0.3, -0.25) is 0 Å². The zero-order chi connectivity index (χ0) is 11.4. The summed E-state index contributed by atoms with van der Waals surface area (Å²) in [6.07, 6.45) is 1.17. The predicted octanol–water partition coefficient (Wildman–Crippen LogP) is 2.52. The van der Waals surface area contributed by atoms with Gasteiger partial charge < -0.3 is 10.5 Å². The van der Waals surface area contributed by atoms with Gasteiger partial charge in [0.2, 0.25) is 5.82 Å². The molecule has 0 unspecified atom stereocenters. The van der Waals surface area contributed by atoms with Gasteiger partial charge in [0.05, 0.1) is 12.1 Å². The minimum absolute atomic E-state index is 0.0923. The highest BCUT2D eigenvalue weighted by molar-refractivity contribution is 6.30. The Balaban J connectivity index is 3.13. The average molecular weight is 236 g/mol. The Morgan fingerprint density at radius 3 is 2.60 bits per heavy atom. The molecule has 0 aliphatic heterocycles. The van der Waals surface area contributed by atoms with Crippen molar-refractivity contribution in [3.05, 3.63) is 28.3 Å². The first-order valence-electron chi connectivity index (χ1n) is 4.52. The van der Waals surface area contributed by atoms with Crippen LogP contribution in [0.3, 0.4) is 0 Å². The topological polar surface area (TPSA) is 35.2 Å². The van der Waals surface area contributed by atoms with Crippen molar-refractivity contribution in [2.24, 2.45) is 5.73 Å². The molecule has 0 saturated heterocycles. The van der Waals surface area contributed by atoms with E-state index in [4.69, 9.17) is 22.1 Å². The third-order valence-electron chi connectivity index (χ3n) is 2.05. The summed E-state index contributed by atoms with van der Waals surface area (Å²) in [5.41, 5.74) is 5.87. The molecule has 0 aliphatic rings. The molecule has 0 aromatic heterocycles. The molecule has 1 rings (SSSR count). The summed E-state index contributed by atoms with van der Waals surface area (Å²) in [6, 6.07) is 1.37. The molecule has 0 saturated carbocycles. The highest BCUT2D eigenvalue weighted by Crippen LogP contribution is 2.30. The van der Waals surface area contributed by atoms with Crippen molar-refractivity contribution in [2.75, 3.05) is 13.7 Å². The molecular weight excluding hydrogens is 224 g/mol. The molecule has 2 nitrogen and oxygen atoms in total. The largest absolute Gasteiger partial charge is 0.493 e. The van der Waals surface area contributed by atoms with E-state index in [1.807, 2.05) is 0 Å². The first kappa shape index (κ1) is 12.2. The molecule has 5 heteroatoms. The van der Waals surface area contributed by atoms with E-state index in [0.29, 0.717) is 24.9 Å². The minimum atomic E-state index is -1.08. The maximum absolute atomic E-state index is 13.3. The number of hydrogen-bond acceptors (Lipinski definition) is 2. The number of hydrogen-bond donors (Lipinski definition) is 1. The van der Waals surface area contributed by atoms with Gasteiger partial charge in [-0.05, 0) is 31.0 Å². The first-order valence-corrected chi connectivity index (χ1v) is 4.90. The van der Waals surface area contributed by atoms with Crippen LogP contribution in [-0.4, -0.2) is 13.7 Å². The highest BCUT2D eigenvalue weighted by Gasteiger charge is 2.17. The van der Waals surface area contributed by atoms with Gasteiger partial charge >= 0.3 is 0 Å². The lowest BCUT2D eigenvalue weighted by Gasteiger charge is -2.10. The van der Waals surface area contributed by atoms with Crippen LogP contribution in [0.5, 0.6) is 5.75 Å². The quantitative estimate of drug-likeness (QED) is 0.814. The fourth-order valence-electron chi connectivity index (χ4n) is 1.33. The van der Waals surface area contributed by atoms with E-state index < -0.39 is 11.6 Å². The fraction of sp³-hybridized carbons (Fsp3) is 0.400. The van der Waals surface area contributed by atoms with Gasteiger partial charge in [-0.2, -0.15) is 4.39 Å². The van der Waals surface area contributed by atoms with Gasteiger partial charge in [0.1, 0.15) is 0 Å². The lowest BCUT2D eigenvalue weighted by molar-refractivity contribution is 0.366. The highest BCUT2D eigenvalue weighted by atomic mass is 35.5. The van der Waals surface area contributed by atoms with Crippen molar-refractivity contribution in [1.29, 1.82) is 0 Å². The molecule has 0 bridgehead atoms. The molecule has 84 valence electrons. The summed E-state index contributed by atoms with van der Waals surface area (Å²) in [5, 5.41) is -0.236. The first-order chi connectivity index (χ1) is 7.11. The van der Waals surface area contributed by atoms with Crippen LogP contribution in [0.4, 0.5) is 8.78 Å². The maximum atomic E-state index is 13.3. The lowest BCUT2D eigenvalue weighted by Crippen LogP contribution is -2.04. The van der Waals surface area contributed by atoms with Gasteiger partial charge in [0.25, 0.3) is 0 Å². The molecule has 0 fully saturated rings. The van der Waals surface area contributed by atoms with Gasteiger partial charge in [0, 0.05) is 0 Å². The van der Waals surface area contributed by atoms with Gasteiger partial charge in [-0.15, -0.1) is 0 Å². The van der Waals surface area contributed by atoms with E-state index in [0.717, 1.165) is 0 Å². The standard InChI is InChI=1S/C10H12ClF2NO/c1-15-10-6(3-2-4-14)5-7(11)8(12)9(10)13/h5H,2-4,14H2,1H3. The maximum Gasteiger partial charge on any atom is 0.202 e. The van der Waals surface area contributed by atoms with E-state index in [9.17, 15) is 8.78 Å². The molecule has 0 spiro atoms. The second kappa shape index (κ2) is 5.28. The summed E-state index contributed by atoms with van der Waals surface area (Å²) in [6.45, 7) is 0.472. The molecular formula is C10H12ClF2NO. The Morgan fingerprint density at radius 2 is 2.07 bits per heavy atom. The summed E-state index contributed by atoms with van der Waals surface area (Å²) >= 11 is 5.53. The zero-order valence-corrected chi connectivity index (χ0v) is 9.07. The van der Waals surface area contributed by atoms with Crippen LogP contribution in [0.1, 0.15) is 12.0 Å². The Hall–Kier alpha value is -0.870. The molecule has 15 heavy (non-hydrogen) atoms. The van der Waals surface area contributed by atoms with Crippen LogP contribution in [0, 0.1) is 11.6 Å². The van der Waals surface area contributed by atoms with E-state index in [1.165, 1.54) is 13.2 Å². The number of ether oxygens (including phenoxy) is 1. The van der Waals surface area contributed by atoms with E-state index >= 15 is 0 Å². The van der Waals surface area contributed by atoms with Crippen LogP contribution < -0.4 is 10.5 Å². The Morgan fingerprint density at radius 1 is 1.40 bits per heavy atom. The van der Waals surface area contributed by atoms with Crippen LogP contribution in [-0.2, 0) is 6.42 Å². The number of methoxy groups -OCH3 is 1. The minimum Gasteiger partial charge on any atom is -0.493 e. The predicted molar refractivity (Wildman–Crippen MR) is 55.3 cm³/mol. The smallest absolute Gasteiger partial charge is 0.202 e. The van der Waals surface area contributed by atoms with E-state index in [1.54, 1.807) is 0 Å². The van der Waals surface area contributed by atoms with Crippen molar-refractivity contribution in [1.82, 2.24) is 0 Å². The Bertz CT molecular complexity index is 358. The van der Waals surface area contributed by atoms with Gasteiger partial charge in [0.15, 0.2) is 11.6 Å². The number of aryl methyl sites for hydroxylation is 1. The normalized spacial score (nSPS) is 10.5. The van der Waals surface area contributed by atoms with E-state index in [2.05, 4.69) is 0 Å². The number of rotatable bonds is 4. The summed E-state index contributed by atoms with van der Waals surface area (Å²) < 4.78 is 31.2. The molecule has 2 N–H and O–H groups in total. The van der Waals surface area contributed by atoms with E-state index in [-0.39, 0.29) is 10.8 Å². The van der Waals surface area contributed by atoms with Crippen LogP contribution >= 0.6 is 11.6 Å². The molecule has 0 amide bonds. The Labute approximate surface area is 92.0 Å². The SMILES string of the molecule is COc1c(CCCN)cc(Cl)c(F)c1F. The van der Waals surface area contributed by atoms with Crippen molar-refractivity contribution in [3.8, 4) is 5.75 Å². The molecule has 0 aliphatic carbocycles. The third kappa shape index (κ3) is 2.58. The van der Waals surface area contributed by atoms with Crippen LogP contribution in [0.2, 0.25) is 5.02 Å². The van der Waals surface area contributed by atoms with Gasteiger partial charge in [-0.25, -0.2) is 4.39 Å². The van der Waals surface area contributed by atoms with Crippen LogP contribution in [0.15, 0.2) is 6.07 Å². The second-order valence-corrected chi connectivity index (χ2v) is 3.48. The van der Waals surface area contributed by atoms with Crippen molar-refractivity contribution in [3.63, 3.8) is 0 Å². The number of benzene rings is 1. The van der Waals surface area contributed by atoms with Crippen molar-refractivity contribution in [2.45, 2.75) is 12.8 Å². The lowest BCUT2D eigenvalue weighted by atomic mass is 10.1. The molecule has 0 heterocycles. The third-order valence-corrected chi connectivity index (χ3v) is 2.32.